The van der Waals surface area contributed by atoms with E-state index in [1.54, 1.807) is 11.0 Å². The summed E-state index contributed by atoms with van der Waals surface area (Å²) in [5, 5.41) is 0. The van der Waals surface area contributed by atoms with Crippen LogP contribution in [-0.4, -0.2) is 31.7 Å². The largest absolute Gasteiger partial charge is 0.377 e. The van der Waals surface area contributed by atoms with Crippen LogP contribution < -0.4 is 10.6 Å². The molecule has 1 atom stereocenters. The van der Waals surface area contributed by atoms with Gasteiger partial charge in [-0.1, -0.05) is 6.07 Å². The number of carbonyl (C=O) groups excluding carboxylic acids is 1. The van der Waals surface area contributed by atoms with E-state index in [4.69, 9.17) is 10.5 Å². The van der Waals surface area contributed by atoms with Crippen molar-refractivity contribution in [2.24, 2.45) is 5.73 Å². The Balaban J connectivity index is 2.11. The van der Waals surface area contributed by atoms with Crippen molar-refractivity contribution in [1.29, 1.82) is 0 Å². The summed E-state index contributed by atoms with van der Waals surface area (Å²) in [6.45, 7) is 3.45. The molecule has 0 spiro atoms. The van der Waals surface area contributed by atoms with Crippen molar-refractivity contribution in [3.05, 3.63) is 29.6 Å². The fourth-order valence-corrected chi connectivity index (χ4v) is 2.53. The number of hydrogen-bond donors (Lipinski definition) is 1. The highest BCUT2D eigenvalue weighted by atomic mass is 19.1. The molecular weight excluding hydrogens is 259 g/mol. The van der Waals surface area contributed by atoms with Crippen LogP contribution in [0.3, 0.4) is 0 Å². The van der Waals surface area contributed by atoms with E-state index in [-0.39, 0.29) is 17.8 Å². The van der Waals surface area contributed by atoms with E-state index in [2.05, 4.69) is 0 Å². The van der Waals surface area contributed by atoms with E-state index in [1.807, 2.05) is 6.92 Å². The molecule has 1 aromatic carbocycles. The Morgan fingerprint density at radius 3 is 2.95 bits per heavy atom. The third-order valence-electron chi connectivity index (χ3n) is 3.59. The quantitative estimate of drug-likeness (QED) is 0.865. The zero-order valence-electron chi connectivity index (χ0n) is 11.8. The summed E-state index contributed by atoms with van der Waals surface area (Å²) in [7, 11) is 0. The summed E-state index contributed by atoms with van der Waals surface area (Å²) in [6, 6.07) is 4.63. The van der Waals surface area contributed by atoms with Crippen molar-refractivity contribution in [3.8, 4) is 0 Å². The van der Waals surface area contributed by atoms with E-state index in [1.165, 1.54) is 12.1 Å². The Bertz CT molecular complexity index is 479. The topological polar surface area (TPSA) is 55.6 Å². The standard InChI is InChI=1S/C15H21FN2O2/c1-2-20-13(10-17)7-8-18-14-9-12(16)5-3-11(14)4-6-15(18)19/h3,5,9,13H,2,4,6-8,10,17H2,1H3. The fourth-order valence-electron chi connectivity index (χ4n) is 2.53. The number of benzene rings is 1. The van der Waals surface area contributed by atoms with Gasteiger partial charge in [0, 0.05) is 31.8 Å². The van der Waals surface area contributed by atoms with Gasteiger partial charge in [0.1, 0.15) is 5.82 Å². The van der Waals surface area contributed by atoms with Crippen LogP contribution in [0.5, 0.6) is 0 Å². The van der Waals surface area contributed by atoms with E-state index in [9.17, 15) is 9.18 Å². The molecule has 1 heterocycles. The number of carbonyl (C=O) groups is 1. The maximum atomic E-state index is 13.4. The second-order valence-corrected chi connectivity index (χ2v) is 4.92. The van der Waals surface area contributed by atoms with Crippen LogP contribution in [0, 0.1) is 5.82 Å². The summed E-state index contributed by atoms with van der Waals surface area (Å²) in [5.41, 5.74) is 7.35. The first kappa shape index (κ1) is 14.9. The molecule has 2 N–H and O–H groups in total. The first-order chi connectivity index (χ1) is 9.65. The number of fused-ring (bicyclic) bond motifs is 1. The normalized spacial score (nSPS) is 16.1. The second kappa shape index (κ2) is 6.81. The van der Waals surface area contributed by atoms with Gasteiger partial charge >= 0.3 is 0 Å². The van der Waals surface area contributed by atoms with Crippen LogP contribution in [0.1, 0.15) is 25.3 Å². The lowest BCUT2D eigenvalue weighted by Crippen LogP contribution is -2.38. The molecule has 110 valence electrons. The number of nitrogens with zero attached hydrogens (tertiary/aromatic N) is 1. The van der Waals surface area contributed by atoms with Crippen LogP contribution in [-0.2, 0) is 16.0 Å². The molecule has 0 aromatic heterocycles. The second-order valence-electron chi connectivity index (χ2n) is 4.92. The van der Waals surface area contributed by atoms with Gasteiger partial charge in [-0.25, -0.2) is 4.39 Å². The number of ether oxygens (including phenoxy) is 1. The molecule has 4 nitrogen and oxygen atoms in total. The van der Waals surface area contributed by atoms with E-state index in [0.717, 1.165) is 5.56 Å². The molecule has 1 aliphatic heterocycles. The van der Waals surface area contributed by atoms with Crippen LogP contribution in [0.4, 0.5) is 10.1 Å². The average Bonchev–Trinajstić information content (AvgIpc) is 2.45. The average molecular weight is 280 g/mol. The summed E-state index contributed by atoms with van der Waals surface area (Å²) in [4.78, 5) is 13.7. The van der Waals surface area contributed by atoms with Gasteiger partial charge in [-0.3, -0.25) is 4.79 Å². The lowest BCUT2D eigenvalue weighted by Gasteiger charge is -2.30. The molecule has 0 saturated carbocycles. The number of rotatable bonds is 6. The molecule has 1 aliphatic rings. The van der Waals surface area contributed by atoms with E-state index in [0.29, 0.717) is 44.6 Å². The van der Waals surface area contributed by atoms with Gasteiger partial charge < -0.3 is 15.4 Å². The first-order valence-corrected chi connectivity index (χ1v) is 7.06. The zero-order valence-corrected chi connectivity index (χ0v) is 11.8. The summed E-state index contributed by atoms with van der Waals surface area (Å²) >= 11 is 0. The Morgan fingerprint density at radius 2 is 2.25 bits per heavy atom. The lowest BCUT2D eigenvalue weighted by molar-refractivity contribution is -0.119. The maximum Gasteiger partial charge on any atom is 0.227 e. The van der Waals surface area contributed by atoms with Crippen LogP contribution in [0.2, 0.25) is 0 Å². The minimum atomic E-state index is -0.316. The zero-order chi connectivity index (χ0) is 14.5. The molecule has 0 saturated heterocycles. The molecule has 1 aromatic rings. The van der Waals surface area contributed by atoms with E-state index >= 15 is 0 Å². The molecule has 0 bridgehead atoms. The molecule has 0 fully saturated rings. The van der Waals surface area contributed by atoms with Crippen molar-refractivity contribution < 1.29 is 13.9 Å². The molecule has 1 amide bonds. The molecule has 2 rings (SSSR count). The number of nitrogens with two attached hydrogens (primary N) is 1. The Labute approximate surface area is 118 Å². The predicted octanol–water partition coefficient (Wildman–Crippen LogP) is 1.86. The molecular formula is C15H21FN2O2. The monoisotopic (exact) mass is 280 g/mol. The molecule has 0 radical (unpaired) electrons. The molecule has 20 heavy (non-hydrogen) atoms. The number of amides is 1. The van der Waals surface area contributed by atoms with Gasteiger partial charge in [0.15, 0.2) is 0 Å². The Kier molecular flexibility index (Phi) is 5.09. The van der Waals surface area contributed by atoms with Gasteiger partial charge in [-0.2, -0.15) is 0 Å². The van der Waals surface area contributed by atoms with Gasteiger partial charge in [0.05, 0.1) is 6.10 Å². The number of hydrogen-bond acceptors (Lipinski definition) is 3. The molecule has 1 unspecified atom stereocenters. The van der Waals surface area contributed by atoms with Crippen molar-refractivity contribution in [2.45, 2.75) is 32.3 Å². The highest BCUT2D eigenvalue weighted by Gasteiger charge is 2.25. The lowest BCUT2D eigenvalue weighted by atomic mass is 10.0. The first-order valence-electron chi connectivity index (χ1n) is 7.06. The van der Waals surface area contributed by atoms with Crippen molar-refractivity contribution in [1.82, 2.24) is 0 Å². The van der Waals surface area contributed by atoms with Crippen LogP contribution in [0.25, 0.3) is 0 Å². The van der Waals surface area contributed by atoms with Gasteiger partial charge in [-0.15, -0.1) is 0 Å². The van der Waals surface area contributed by atoms with Crippen molar-refractivity contribution in [3.63, 3.8) is 0 Å². The van der Waals surface area contributed by atoms with Crippen LogP contribution >= 0.6 is 0 Å². The number of anilines is 1. The summed E-state index contributed by atoms with van der Waals surface area (Å²) in [6.07, 6.45) is 1.75. The Hall–Kier alpha value is -1.46. The molecule has 5 heteroatoms. The van der Waals surface area contributed by atoms with Gasteiger partial charge in [0.2, 0.25) is 5.91 Å². The Morgan fingerprint density at radius 1 is 1.45 bits per heavy atom. The smallest absolute Gasteiger partial charge is 0.227 e. The number of halogens is 1. The van der Waals surface area contributed by atoms with E-state index < -0.39 is 0 Å². The minimum Gasteiger partial charge on any atom is -0.377 e. The maximum absolute atomic E-state index is 13.4. The van der Waals surface area contributed by atoms with Crippen LogP contribution in [0.15, 0.2) is 18.2 Å². The summed E-state index contributed by atoms with van der Waals surface area (Å²) in [5.74, 6) is -0.279. The third-order valence-corrected chi connectivity index (χ3v) is 3.59. The van der Waals surface area contributed by atoms with Gasteiger partial charge in [-0.05, 0) is 37.5 Å². The minimum absolute atomic E-state index is 0.0374. The highest BCUT2D eigenvalue weighted by molar-refractivity contribution is 5.96. The van der Waals surface area contributed by atoms with Crippen molar-refractivity contribution >= 4 is 11.6 Å². The van der Waals surface area contributed by atoms with Crippen molar-refractivity contribution in [2.75, 3.05) is 24.6 Å². The SMILES string of the molecule is CCOC(CN)CCN1C(=O)CCc2ccc(F)cc21. The molecule has 0 aliphatic carbocycles. The number of aryl methyl sites for hydroxylation is 1. The summed E-state index contributed by atoms with van der Waals surface area (Å²) < 4.78 is 18.9. The fraction of sp³-hybridized carbons (Fsp3) is 0.533. The third kappa shape index (κ3) is 3.35. The van der Waals surface area contributed by atoms with Gasteiger partial charge in [0.25, 0.3) is 0 Å². The highest BCUT2D eigenvalue weighted by Crippen LogP contribution is 2.28. The predicted molar refractivity (Wildman–Crippen MR) is 76.2 cm³/mol.